The van der Waals surface area contributed by atoms with Gasteiger partial charge in [-0.15, -0.1) is 6.58 Å². The number of rotatable bonds is 4. The summed E-state index contributed by atoms with van der Waals surface area (Å²) >= 11 is 0. The van der Waals surface area contributed by atoms with Crippen LogP contribution in [0.3, 0.4) is 0 Å². The second-order valence-electron chi connectivity index (χ2n) is 2.05. The molecule has 0 amide bonds. The molecule has 0 atom stereocenters. The van der Waals surface area contributed by atoms with Crippen molar-refractivity contribution in [1.29, 1.82) is 0 Å². The van der Waals surface area contributed by atoms with Gasteiger partial charge in [0.25, 0.3) is 0 Å². The minimum absolute atomic E-state index is 1.01. The second kappa shape index (κ2) is 4.85. The molecule has 8 heavy (non-hydrogen) atoms. The van der Waals surface area contributed by atoms with Gasteiger partial charge in [0.15, 0.2) is 0 Å². The van der Waals surface area contributed by atoms with E-state index in [1.54, 1.807) is 0 Å². The predicted molar refractivity (Wildman–Crippen MR) is 38.0 cm³/mol. The van der Waals surface area contributed by atoms with Crippen molar-refractivity contribution < 1.29 is 0 Å². The van der Waals surface area contributed by atoms with Gasteiger partial charge in [-0.2, -0.15) is 0 Å². The lowest BCUT2D eigenvalue weighted by Gasteiger charge is -2.10. The van der Waals surface area contributed by atoms with Crippen molar-refractivity contribution >= 4 is 0 Å². The number of likely N-dealkylation sites (N-methyl/N-ethyl adjacent to an activating group) is 1. The maximum Gasteiger partial charge on any atom is 0.0157 e. The summed E-state index contributed by atoms with van der Waals surface area (Å²) in [6.07, 6.45) is 3.15. The Morgan fingerprint density at radius 1 is 1.62 bits per heavy atom. The molecule has 0 aromatic carbocycles. The van der Waals surface area contributed by atoms with Crippen LogP contribution in [0.1, 0.15) is 13.3 Å². The van der Waals surface area contributed by atoms with Crippen LogP contribution in [0.2, 0.25) is 0 Å². The summed E-state index contributed by atoms with van der Waals surface area (Å²) in [5, 5.41) is 0. The second-order valence-corrected chi connectivity index (χ2v) is 2.05. The van der Waals surface area contributed by atoms with Gasteiger partial charge >= 0.3 is 0 Å². The van der Waals surface area contributed by atoms with E-state index < -0.39 is 0 Å². The van der Waals surface area contributed by atoms with Crippen LogP contribution in [0.15, 0.2) is 12.7 Å². The molecule has 0 heterocycles. The fourth-order valence-corrected chi connectivity index (χ4v) is 0.693. The van der Waals surface area contributed by atoms with Crippen LogP contribution in [0, 0.1) is 0 Å². The molecule has 0 saturated heterocycles. The van der Waals surface area contributed by atoms with Crippen molar-refractivity contribution in [2.24, 2.45) is 0 Å². The van der Waals surface area contributed by atoms with Crippen molar-refractivity contribution in [2.45, 2.75) is 13.3 Å². The highest BCUT2D eigenvalue weighted by Crippen LogP contribution is 1.83. The molecule has 1 heteroatoms. The molecule has 0 N–H and O–H groups in total. The summed E-state index contributed by atoms with van der Waals surface area (Å²) in [4.78, 5) is 2.24. The van der Waals surface area contributed by atoms with Crippen LogP contribution in [-0.2, 0) is 0 Å². The molecule has 0 fully saturated rings. The highest BCUT2D eigenvalue weighted by molar-refractivity contribution is 4.70. The summed E-state index contributed by atoms with van der Waals surface area (Å²) in [5.41, 5.74) is 0. The third-order valence-electron chi connectivity index (χ3n) is 1.05. The average molecular weight is 113 g/mol. The molecule has 0 radical (unpaired) electrons. The lowest BCUT2D eigenvalue weighted by atomic mass is 10.4. The summed E-state index contributed by atoms with van der Waals surface area (Å²) in [7, 11) is 2.10. The van der Waals surface area contributed by atoms with E-state index in [2.05, 4.69) is 25.5 Å². The van der Waals surface area contributed by atoms with Crippen molar-refractivity contribution in [3.63, 3.8) is 0 Å². The van der Waals surface area contributed by atoms with Gasteiger partial charge in [0.2, 0.25) is 0 Å². The number of hydrogen-bond donors (Lipinski definition) is 0. The summed E-state index contributed by atoms with van der Waals surface area (Å²) in [6.45, 7) is 8.00. The Morgan fingerprint density at radius 3 is 2.62 bits per heavy atom. The molecule has 0 aromatic heterocycles. The van der Waals surface area contributed by atoms with E-state index in [-0.39, 0.29) is 0 Å². The third kappa shape index (κ3) is 3.88. The molecule has 0 unspecified atom stereocenters. The van der Waals surface area contributed by atoms with Crippen LogP contribution < -0.4 is 0 Å². The molecule has 0 saturated carbocycles. The lowest BCUT2D eigenvalue weighted by molar-refractivity contribution is 0.371. The molecule has 0 aliphatic heterocycles. The van der Waals surface area contributed by atoms with Crippen LogP contribution in [-0.4, -0.2) is 25.0 Å². The zero-order valence-electron chi connectivity index (χ0n) is 5.85. The van der Waals surface area contributed by atoms with Gasteiger partial charge < -0.3 is 4.90 Å². The molecule has 0 spiro atoms. The van der Waals surface area contributed by atoms with E-state index >= 15 is 0 Å². The normalized spacial score (nSPS) is 9.88. The van der Waals surface area contributed by atoms with E-state index in [0.29, 0.717) is 0 Å². The largest absolute Gasteiger partial charge is 0.303 e. The first-order valence-electron chi connectivity index (χ1n) is 3.10. The molecule has 0 aromatic rings. The van der Waals surface area contributed by atoms with E-state index in [0.717, 1.165) is 6.54 Å². The standard InChI is InChI=1S/C7H15N/c1-4-6-8(3)7-5-2/h4H,1,5-7H2,2-3H3. The van der Waals surface area contributed by atoms with Crippen LogP contribution in [0.25, 0.3) is 0 Å². The summed E-state index contributed by atoms with van der Waals surface area (Å²) < 4.78 is 0. The Balaban J connectivity index is 3.03. The van der Waals surface area contributed by atoms with Gasteiger partial charge in [-0.1, -0.05) is 13.0 Å². The number of nitrogens with zero attached hydrogens (tertiary/aromatic N) is 1. The van der Waals surface area contributed by atoms with Crippen molar-refractivity contribution in [2.75, 3.05) is 20.1 Å². The Morgan fingerprint density at radius 2 is 2.25 bits per heavy atom. The minimum Gasteiger partial charge on any atom is -0.303 e. The van der Waals surface area contributed by atoms with Gasteiger partial charge in [-0.05, 0) is 20.0 Å². The molecule has 48 valence electrons. The van der Waals surface area contributed by atoms with Gasteiger partial charge in [-0.25, -0.2) is 0 Å². The zero-order chi connectivity index (χ0) is 6.41. The summed E-state index contributed by atoms with van der Waals surface area (Å²) in [5.74, 6) is 0. The first-order valence-corrected chi connectivity index (χ1v) is 3.10. The van der Waals surface area contributed by atoms with E-state index in [4.69, 9.17) is 0 Å². The molecule has 0 bridgehead atoms. The predicted octanol–water partition coefficient (Wildman–Crippen LogP) is 1.51. The van der Waals surface area contributed by atoms with E-state index in [1.165, 1.54) is 13.0 Å². The monoisotopic (exact) mass is 113 g/mol. The van der Waals surface area contributed by atoms with Crippen molar-refractivity contribution in [3.05, 3.63) is 12.7 Å². The Labute approximate surface area is 52.0 Å². The fraction of sp³-hybridized carbons (Fsp3) is 0.714. The summed E-state index contributed by atoms with van der Waals surface area (Å²) in [6, 6.07) is 0. The fourth-order valence-electron chi connectivity index (χ4n) is 0.693. The Bertz CT molecular complexity index is 59.4. The third-order valence-corrected chi connectivity index (χ3v) is 1.05. The highest BCUT2D eigenvalue weighted by Gasteiger charge is 1.88. The maximum atomic E-state index is 3.64. The van der Waals surface area contributed by atoms with Gasteiger partial charge in [-0.3, -0.25) is 0 Å². The molecule has 1 nitrogen and oxygen atoms in total. The molecular formula is C7H15N. The Hall–Kier alpha value is -0.300. The molecular weight excluding hydrogens is 98.1 g/mol. The highest BCUT2D eigenvalue weighted by atomic mass is 15.1. The van der Waals surface area contributed by atoms with Crippen molar-refractivity contribution in [1.82, 2.24) is 4.90 Å². The number of hydrogen-bond acceptors (Lipinski definition) is 1. The van der Waals surface area contributed by atoms with Crippen LogP contribution in [0.4, 0.5) is 0 Å². The topological polar surface area (TPSA) is 3.24 Å². The van der Waals surface area contributed by atoms with Gasteiger partial charge in [0, 0.05) is 6.54 Å². The van der Waals surface area contributed by atoms with E-state index in [9.17, 15) is 0 Å². The quantitative estimate of drug-likeness (QED) is 0.499. The maximum absolute atomic E-state index is 3.64. The van der Waals surface area contributed by atoms with Crippen LogP contribution in [0.5, 0.6) is 0 Å². The zero-order valence-corrected chi connectivity index (χ0v) is 5.85. The average Bonchev–Trinajstić information content (AvgIpc) is 1.68. The molecule has 0 rings (SSSR count). The van der Waals surface area contributed by atoms with Crippen LogP contribution >= 0.6 is 0 Å². The molecule has 0 aliphatic rings. The first kappa shape index (κ1) is 7.70. The smallest absolute Gasteiger partial charge is 0.0157 e. The first-order chi connectivity index (χ1) is 3.81. The van der Waals surface area contributed by atoms with Gasteiger partial charge in [0.05, 0.1) is 0 Å². The van der Waals surface area contributed by atoms with E-state index in [1.807, 2.05) is 6.08 Å². The minimum atomic E-state index is 1.01. The SMILES string of the molecule is C=CCN(C)CCC. The van der Waals surface area contributed by atoms with Crippen molar-refractivity contribution in [3.8, 4) is 0 Å². The lowest BCUT2D eigenvalue weighted by Crippen LogP contribution is -2.18. The molecule has 0 aliphatic carbocycles. The Kier molecular flexibility index (Phi) is 4.67. The van der Waals surface area contributed by atoms with Gasteiger partial charge in [0.1, 0.15) is 0 Å².